The van der Waals surface area contributed by atoms with E-state index in [-0.39, 0.29) is 18.3 Å². The zero-order valence-electron chi connectivity index (χ0n) is 10.6. The van der Waals surface area contributed by atoms with Gasteiger partial charge in [0.05, 0.1) is 6.04 Å². The average molecular weight is 320 g/mol. The highest BCUT2D eigenvalue weighted by molar-refractivity contribution is 7.80. The van der Waals surface area contributed by atoms with Crippen LogP contribution in [0.25, 0.3) is 0 Å². The van der Waals surface area contributed by atoms with Gasteiger partial charge in [0.15, 0.2) is 0 Å². The summed E-state index contributed by atoms with van der Waals surface area (Å²) in [4.78, 5) is 13.5. The number of carbonyl (C=O) groups is 1. The van der Waals surface area contributed by atoms with Gasteiger partial charge in [0.2, 0.25) is 11.8 Å². The Balaban J connectivity index is 1.82. The Kier molecular flexibility index (Phi) is 3.32. The Hall–Kier alpha value is -1.76. The number of fused-ring (bicyclic) bond motifs is 2. The first kappa shape index (κ1) is 14.2. The maximum atomic E-state index is 12.1. The zero-order chi connectivity index (χ0) is 15.2. The van der Waals surface area contributed by atoms with E-state index in [1.807, 2.05) is 0 Å². The van der Waals surface area contributed by atoms with E-state index in [1.54, 1.807) is 0 Å². The fourth-order valence-corrected chi connectivity index (χ4v) is 2.94. The summed E-state index contributed by atoms with van der Waals surface area (Å²) in [6.45, 7) is -0.190. The number of amides is 2. The standard InChI is InChI=1S/C9H12N4O7S/c14-4-7-10-11-8(19-7)6-2-1-5-3-12(6)9(15)13(5)20-21(16,17)18/h5-6,14H,1-4H2,(H,16,17,18)/t5-,6+/m1/s1. The van der Waals surface area contributed by atoms with Gasteiger partial charge in [0, 0.05) is 6.54 Å². The lowest BCUT2D eigenvalue weighted by Gasteiger charge is -2.27. The van der Waals surface area contributed by atoms with Crippen LogP contribution in [0.5, 0.6) is 0 Å². The first-order chi connectivity index (χ1) is 9.89. The molecule has 2 aliphatic rings. The minimum absolute atomic E-state index is 0.0322. The average Bonchev–Trinajstić information content (AvgIpc) is 2.98. The quantitative estimate of drug-likeness (QED) is 0.683. The van der Waals surface area contributed by atoms with Crippen LogP contribution < -0.4 is 0 Å². The number of aliphatic hydroxyl groups excluding tert-OH is 1. The number of nitrogens with zero attached hydrogens (tertiary/aromatic N) is 4. The van der Waals surface area contributed by atoms with Gasteiger partial charge >= 0.3 is 16.4 Å². The van der Waals surface area contributed by atoms with Crippen molar-refractivity contribution in [3.8, 4) is 0 Å². The molecule has 0 radical (unpaired) electrons. The molecule has 2 atom stereocenters. The predicted molar refractivity (Wildman–Crippen MR) is 62.6 cm³/mol. The minimum atomic E-state index is -4.77. The van der Waals surface area contributed by atoms with E-state index in [1.165, 1.54) is 4.90 Å². The van der Waals surface area contributed by atoms with Crippen molar-refractivity contribution in [2.24, 2.45) is 0 Å². The van der Waals surface area contributed by atoms with Crippen molar-refractivity contribution in [2.45, 2.75) is 31.5 Å². The fraction of sp³-hybridized carbons (Fsp3) is 0.667. The minimum Gasteiger partial charge on any atom is -0.420 e. The molecular weight excluding hydrogens is 308 g/mol. The van der Waals surface area contributed by atoms with Gasteiger partial charge in [0.1, 0.15) is 12.6 Å². The van der Waals surface area contributed by atoms with E-state index in [9.17, 15) is 13.2 Å². The van der Waals surface area contributed by atoms with Crippen molar-refractivity contribution in [2.75, 3.05) is 6.54 Å². The molecule has 0 unspecified atom stereocenters. The molecule has 2 bridgehead atoms. The van der Waals surface area contributed by atoms with E-state index in [4.69, 9.17) is 14.1 Å². The lowest BCUT2D eigenvalue weighted by Crippen LogP contribution is -2.35. The molecule has 1 aromatic rings. The number of aliphatic hydroxyl groups is 1. The number of aromatic nitrogens is 2. The summed E-state index contributed by atoms with van der Waals surface area (Å²) in [5.74, 6) is 0.198. The predicted octanol–water partition coefficient (Wildman–Crippen LogP) is -0.763. The second kappa shape index (κ2) is 4.91. The molecule has 3 rings (SSSR count). The molecule has 1 aromatic heterocycles. The van der Waals surface area contributed by atoms with Crippen LogP contribution in [0.1, 0.15) is 30.7 Å². The highest BCUT2D eigenvalue weighted by Gasteiger charge is 2.49. The van der Waals surface area contributed by atoms with Gasteiger partial charge in [-0.05, 0) is 12.8 Å². The normalized spacial score (nSPS) is 25.7. The van der Waals surface area contributed by atoms with Crippen molar-refractivity contribution in [3.63, 3.8) is 0 Å². The molecule has 12 heteroatoms. The summed E-state index contributed by atoms with van der Waals surface area (Å²) >= 11 is 0. The summed E-state index contributed by atoms with van der Waals surface area (Å²) in [5.41, 5.74) is 0. The number of hydrogen-bond donors (Lipinski definition) is 2. The van der Waals surface area contributed by atoms with Gasteiger partial charge in [-0.2, -0.15) is 13.5 Å². The van der Waals surface area contributed by atoms with Crippen molar-refractivity contribution < 1.29 is 31.6 Å². The second-order valence-electron chi connectivity index (χ2n) is 4.70. The van der Waals surface area contributed by atoms with E-state index in [2.05, 4.69) is 14.5 Å². The second-order valence-corrected chi connectivity index (χ2v) is 5.71. The van der Waals surface area contributed by atoms with Gasteiger partial charge in [-0.1, -0.05) is 0 Å². The van der Waals surface area contributed by atoms with Gasteiger partial charge in [-0.3, -0.25) is 4.55 Å². The van der Waals surface area contributed by atoms with Gasteiger partial charge in [-0.15, -0.1) is 14.5 Å². The van der Waals surface area contributed by atoms with Crippen LogP contribution in [0.3, 0.4) is 0 Å². The number of carbonyl (C=O) groups excluding carboxylic acids is 1. The maximum absolute atomic E-state index is 12.1. The van der Waals surface area contributed by atoms with Crippen molar-refractivity contribution >= 4 is 16.4 Å². The SMILES string of the molecule is O=C1N2C[C@@H](CC[C@H]2c2nnc(CO)o2)N1OS(=O)(=O)O. The number of hydrogen-bond acceptors (Lipinski definition) is 8. The Bertz CT molecular complexity index is 659. The monoisotopic (exact) mass is 320 g/mol. The Morgan fingerprint density at radius 3 is 2.76 bits per heavy atom. The Labute approximate surface area is 119 Å². The smallest absolute Gasteiger partial charge is 0.418 e. The molecule has 2 aliphatic heterocycles. The first-order valence-electron chi connectivity index (χ1n) is 6.09. The molecule has 2 amide bonds. The molecular formula is C9H12N4O7S. The van der Waals surface area contributed by atoms with Crippen LogP contribution in [-0.2, 0) is 21.3 Å². The third-order valence-corrected chi connectivity index (χ3v) is 3.75. The van der Waals surface area contributed by atoms with Crippen LogP contribution in [0.2, 0.25) is 0 Å². The van der Waals surface area contributed by atoms with Gasteiger partial charge in [0.25, 0.3) is 0 Å². The number of piperidine rings is 1. The summed E-state index contributed by atoms with van der Waals surface area (Å²) < 4.78 is 39.8. The van der Waals surface area contributed by atoms with Crippen molar-refractivity contribution in [3.05, 3.63) is 11.8 Å². The molecule has 3 heterocycles. The van der Waals surface area contributed by atoms with Crippen LogP contribution in [0.4, 0.5) is 4.79 Å². The van der Waals surface area contributed by atoms with E-state index in [0.717, 1.165) is 0 Å². The molecule has 2 N–H and O–H groups in total. The Morgan fingerprint density at radius 1 is 1.38 bits per heavy atom. The molecule has 2 fully saturated rings. The number of rotatable bonds is 4. The summed E-state index contributed by atoms with van der Waals surface area (Å²) in [5, 5.41) is 16.9. The van der Waals surface area contributed by atoms with E-state index >= 15 is 0 Å². The summed E-state index contributed by atoms with van der Waals surface area (Å²) in [6.07, 6.45) is 0.911. The van der Waals surface area contributed by atoms with Crippen molar-refractivity contribution in [1.29, 1.82) is 0 Å². The zero-order valence-corrected chi connectivity index (χ0v) is 11.4. The van der Waals surface area contributed by atoms with E-state index in [0.29, 0.717) is 17.9 Å². The first-order valence-corrected chi connectivity index (χ1v) is 7.45. The van der Waals surface area contributed by atoms with Gasteiger partial charge < -0.3 is 14.4 Å². The summed E-state index contributed by atoms with van der Waals surface area (Å²) in [6, 6.07) is -1.70. The van der Waals surface area contributed by atoms with Crippen LogP contribution >= 0.6 is 0 Å². The lowest BCUT2D eigenvalue weighted by molar-refractivity contribution is -0.0317. The molecule has 2 saturated heterocycles. The number of urea groups is 1. The largest absolute Gasteiger partial charge is 0.420 e. The number of hydroxylamine groups is 2. The van der Waals surface area contributed by atoms with Crippen LogP contribution in [0, 0.1) is 0 Å². The van der Waals surface area contributed by atoms with Crippen LogP contribution in [0.15, 0.2) is 4.42 Å². The highest BCUT2D eigenvalue weighted by Crippen LogP contribution is 2.38. The fourth-order valence-electron chi connectivity index (χ4n) is 2.55. The molecule has 11 nitrogen and oxygen atoms in total. The molecule has 0 aliphatic carbocycles. The summed E-state index contributed by atoms with van der Waals surface area (Å²) in [7, 11) is -4.77. The van der Waals surface area contributed by atoms with Crippen LogP contribution in [-0.4, -0.2) is 56.9 Å². The molecule has 0 spiro atoms. The van der Waals surface area contributed by atoms with Crippen molar-refractivity contribution in [1.82, 2.24) is 20.2 Å². The molecule has 21 heavy (non-hydrogen) atoms. The highest BCUT2D eigenvalue weighted by atomic mass is 32.3. The Morgan fingerprint density at radius 2 is 2.14 bits per heavy atom. The third kappa shape index (κ3) is 2.57. The van der Waals surface area contributed by atoms with E-state index < -0.39 is 35.1 Å². The third-order valence-electron chi connectivity index (χ3n) is 3.40. The lowest BCUT2D eigenvalue weighted by atomic mass is 10.0. The molecule has 116 valence electrons. The topological polar surface area (TPSA) is 146 Å². The molecule has 0 saturated carbocycles. The van der Waals surface area contributed by atoms with Gasteiger partial charge in [-0.25, -0.2) is 4.79 Å². The molecule has 0 aromatic carbocycles. The maximum Gasteiger partial charge on any atom is 0.418 e.